The number of pyridine rings is 1. The Balaban J connectivity index is 1.72. The highest BCUT2D eigenvalue weighted by atomic mass is 32.2. The Morgan fingerprint density at radius 3 is 2.34 bits per heavy atom. The van der Waals surface area contributed by atoms with Crippen molar-refractivity contribution in [3.63, 3.8) is 0 Å². The van der Waals surface area contributed by atoms with Crippen LogP contribution in [-0.2, 0) is 14.3 Å². The number of nitrogens with one attached hydrogen (secondary N) is 1. The molecule has 1 aliphatic heterocycles. The lowest BCUT2D eigenvalue weighted by Crippen LogP contribution is -2.29. The van der Waals surface area contributed by atoms with Gasteiger partial charge in [-0.3, -0.25) is 9.78 Å². The van der Waals surface area contributed by atoms with Gasteiger partial charge in [0.25, 0.3) is 0 Å². The minimum atomic E-state index is -0.892. The zero-order chi connectivity index (χ0) is 27.2. The number of ether oxygens (including phenoxy) is 3. The van der Waals surface area contributed by atoms with Crippen molar-refractivity contribution in [1.82, 2.24) is 4.98 Å². The molecule has 1 aromatic heterocycles. The van der Waals surface area contributed by atoms with Gasteiger partial charge >= 0.3 is 11.9 Å². The number of methoxy groups -OCH3 is 3. The minimum absolute atomic E-state index is 0.0659. The summed E-state index contributed by atoms with van der Waals surface area (Å²) in [6.45, 7) is 0. The van der Waals surface area contributed by atoms with E-state index in [1.165, 1.54) is 32.4 Å². The molecule has 3 N–H and O–H groups in total. The molecule has 1 amide bonds. The first-order valence-corrected chi connectivity index (χ1v) is 12.2. The van der Waals surface area contributed by atoms with E-state index in [2.05, 4.69) is 10.3 Å². The van der Waals surface area contributed by atoms with Gasteiger partial charge in [0.15, 0.2) is 0 Å². The first-order valence-electron chi connectivity index (χ1n) is 11.3. The first-order chi connectivity index (χ1) is 18.4. The number of amides is 1. The Morgan fingerprint density at radius 2 is 1.71 bits per heavy atom. The third kappa shape index (κ3) is 5.52. The van der Waals surface area contributed by atoms with Crippen molar-refractivity contribution in [2.75, 3.05) is 26.6 Å². The summed E-state index contributed by atoms with van der Waals surface area (Å²) in [6, 6.07) is 16.6. The number of nitrogens with zero attached hydrogens (tertiary/aromatic N) is 2. The zero-order valence-corrected chi connectivity index (χ0v) is 21.6. The monoisotopic (exact) mass is 532 g/mol. The van der Waals surface area contributed by atoms with Crippen LogP contribution in [0.4, 0.5) is 11.4 Å². The number of esters is 2. The molecule has 1 atom stereocenters. The van der Waals surface area contributed by atoms with Gasteiger partial charge in [0, 0.05) is 11.9 Å². The summed E-state index contributed by atoms with van der Waals surface area (Å²) in [4.78, 5) is 47.0. The molecule has 2 heterocycles. The van der Waals surface area contributed by atoms with Gasteiger partial charge in [0.1, 0.15) is 16.0 Å². The number of carbonyl (C=O) groups excluding carboxylic acids is 3. The van der Waals surface area contributed by atoms with Crippen LogP contribution >= 0.6 is 11.8 Å². The van der Waals surface area contributed by atoms with Gasteiger partial charge in [-0.05, 0) is 54.6 Å². The number of rotatable bonds is 7. The molecule has 2 aromatic carbocycles. The second-order valence-electron chi connectivity index (χ2n) is 7.89. The molecule has 38 heavy (non-hydrogen) atoms. The number of anilines is 1. The fraction of sp³-hybridized carbons (Fsp3) is 0.148. The van der Waals surface area contributed by atoms with E-state index in [0.29, 0.717) is 27.7 Å². The predicted octanol–water partition coefficient (Wildman–Crippen LogP) is 3.82. The first kappa shape index (κ1) is 26.4. The number of hydrogen-bond donors (Lipinski definition) is 2. The lowest BCUT2D eigenvalue weighted by atomic mass is 10.1. The summed E-state index contributed by atoms with van der Waals surface area (Å²) >= 11 is 1.15. The van der Waals surface area contributed by atoms with Crippen LogP contribution < -0.4 is 15.8 Å². The number of hydrogen-bond acceptors (Lipinski definition) is 10. The highest BCUT2D eigenvalue weighted by Crippen LogP contribution is 2.39. The SMILES string of the molecule is COC(=O)c1ccc(C(=O)OC)c(NC(=O)[C@@H]2SC(=Nc3ccc(OC)cc3)C(c3ccccn3)=C2N)c1. The Hall–Kier alpha value is -4.64. The maximum atomic E-state index is 13.5. The summed E-state index contributed by atoms with van der Waals surface area (Å²) in [5.41, 5.74) is 8.78. The molecule has 10 nitrogen and oxygen atoms in total. The molecular weight excluding hydrogens is 508 g/mol. The minimum Gasteiger partial charge on any atom is -0.497 e. The maximum Gasteiger partial charge on any atom is 0.339 e. The molecule has 1 aliphatic rings. The summed E-state index contributed by atoms with van der Waals surface area (Å²) in [5.74, 6) is -1.15. The smallest absolute Gasteiger partial charge is 0.339 e. The fourth-order valence-corrected chi connectivity index (χ4v) is 4.82. The molecule has 194 valence electrons. The predicted molar refractivity (Wildman–Crippen MR) is 145 cm³/mol. The molecule has 0 spiro atoms. The molecule has 11 heteroatoms. The number of aliphatic imine (C=N–C) groups is 1. The topological polar surface area (TPSA) is 142 Å². The summed E-state index contributed by atoms with van der Waals surface area (Å²) in [7, 11) is 4.03. The Morgan fingerprint density at radius 1 is 0.974 bits per heavy atom. The fourth-order valence-electron chi connectivity index (χ4n) is 3.69. The average molecular weight is 533 g/mol. The molecule has 0 bridgehead atoms. The molecule has 0 radical (unpaired) electrons. The van der Waals surface area contributed by atoms with Crippen molar-refractivity contribution in [2.24, 2.45) is 10.7 Å². The van der Waals surface area contributed by atoms with Gasteiger partial charge in [-0.2, -0.15) is 0 Å². The van der Waals surface area contributed by atoms with Crippen LogP contribution in [0.25, 0.3) is 5.57 Å². The van der Waals surface area contributed by atoms with Crippen LogP contribution in [-0.4, -0.2) is 54.5 Å². The van der Waals surface area contributed by atoms with E-state index in [-0.39, 0.29) is 22.5 Å². The number of benzene rings is 2. The number of aromatic nitrogens is 1. The largest absolute Gasteiger partial charge is 0.497 e. The second-order valence-corrected chi connectivity index (χ2v) is 8.98. The lowest BCUT2D eigenvalue weighted by Gasteiger charge is -2.15. The van der Waals surface area contributed by atoms with Crippen molar-refractivity contribution in [3.05, 3.63) is 89.4 Å². The van der Waals surface area contributed by atoms with Crippen molar-refractivity contribution < 1.29 is 28.6 Å². The van der Waals surface area contributed by atoms with E-state index in [1.54, 1.807) is 49.7 Å². The Kier molecular flexibility index (Phi) is 8.07. The number of thioether (sulfide) groups is 1. The molecule has 3 aromatic rings. The normalized spacial score (nSPS) is 15.8. The van der Waals surface area contributed by atoms with Crippen LogP contribution in [0.5, 0.6) is 5.75 Å². The lowest BCUT2D eigenvalue weighted by molar-refractivity contribution is -0.115. The van der Waals surface area contributed by atoms with Crippen molar-refractivity contribution in [3.8, 4) is 5.75 Å². The van der Waals surface area contributed by atoms with Crippen LogP contribution in [0.3, 0.4) is 0 Å². The second kappa shape index (κ2) is 11.6. The van der Waals surface area contributed by atoms with Gasteiger partial charge < -0.3 is 25.3 Å². The maximum absolute atomic E-state index is 13.5. The molecule has 4 rings (SSSR count). The Labute approximate surface area is 222 Å². The van der Waals surface area contributed by atoms with Crippen molar-refractivity contribution >= 4 is 51.6 Å². The molecule has 0 fully saturated rings. The van der Waals surface area contributed by atoms with E-state index in [0.717, 1.165) is 11.8 Å². The van der Waals surface area contributed by atoms with Crippen molar-refractivity contribution in [1.29, 1.82) is 0 Å². The Bertz CT molecular complexity index is 1440. The summed E-state index contributed by atoms with van der Waals surface area (Å²) < 4.78 is 14.8. The van der Waals surface area contributed by atoms with Gasteiger partial charge in [-0.1, -0.05) is 17.8 Å². The van der Waals surface area contributed by atoms with E-state index >= 15 is 0 Å². The number of nitrogens with two attached hydrogens (primary N) is 1. The van der Waals surface area contributed by atoms with Crippen LogP contribution in [0.1, 0.15) is 26.4 Å². The van der Waals surface area contributed by atoms with Gasteiger partial charge in [-0.25, -0.2) is 14.6 Å². The van der Waals surface area contributed by atoms with Crippen LogP contribution in [0.15, 0.2) is 77.5 Å². The third-order valence-corrected chi connectivity index (χ3v) is 6.80. The van der Waals surface area contributed by atoms with Gasteiger partial charge in [0.05, 0.1) is 55.1 Å². The summed E-state index contributed by atoms with van der Waals surface area (Å²) in [6.07, 6.45) is 1.62. The molecule has 0 saturated heterocycles. The number of carbonyl (C=O) groups is 3. The highest BCUT2D eigenvalue weighted by Gasteiger charge is 2.37. The van der Waals surface area contributed by atoms with E-state index < -0.39 is 23.1 Å². The van der Waals surface area contributed by atoms with E-state index in [1.807, 2.05) is 6.07 Å². The van der Waals surface area contributed by atoms with E-state index in [4.69, 9.17) is 24.9 Å². The van der Waals surface area contributed by atoms with Crippen LogP contribution in [0, 0.1) is 0 Å². The standard InChI is InChI=1S/C27H24N4O6S/c1-35-17-10-8-16(9-11-17)30-25-21(19-6-4-5-13-29-19)22(28)23(38-25)24(32)31-20-14-15(26(33)36-2)7-12-18(20)27(34)37-3/h4-14,23H,28H2,1-3H3,(H,31,32)/t23-/m1/s1. The van der Waals surface area contributed by atoms with Crippen LogP contribution in [0.2, 0.25) is 0 Å². The van der Waals surface area contributed by atoms with Crippen molar-refractivity contribution in [2.45, 2.75) is 5.25 Å². The average Bonchev–Trinajstić information content (AvgIpc) is 3.28. The zero-order valence-electron chi connectivity index (χ0n) is 20.8. The highest BCUT2D eigenvalue weighted by molar-refractivity contribution is 8.16. The third-order valence-electron chi connectivity index (χ3n) is 5.58. The quantitative estimate of drug-likeness (QED) is 0.434. The van der Waals surface area contributed by atoms with Gasteiger partial charge in [-0.15, -0.1) is 0 Å². The summed E-state index contributed by atoms with van der Waals surface area (Å²) in [5, 5.41) is 2.32. The molecule has 0 aliphatic carbocycles. The van der Waals surface area contributed by atoms with Gasteiger partial charge in [0.2, 0.25) is 5.91 Å². The van der Waals surface area contributed by atoms with E-state index in [9.17, 15) is 14.4 Å². The molecular formula is C27H24N4O6S. The molecule has 0 unspecified atom stereocenters. The molecule has 0 saturated carbocycles.